The van der Waals surface area contributed by atoms with Crippen LogP contribution in [0.1, 0.15) is 36.8 Å². The number of hydrogen-bond donors (Lipinski definition) is 1. The van der Waals surface area contributed by atoms with E-state index in [4.69, 9.17) is 9.47 Å². The predicted molar refractivity (Wildman–Crippen MR) is 77.7 cm³/mol. The van der Waals surface area contributed by atoms with Crippen molar-refractivity contribution >= 4 is 11.5 Å². The molecule has 1 spiro atoms. The molecular weight excluding hydrogens is 452 g/mol. The first-order valence-corrected chi connectivity index (χ1v) is 7.25. The molecule has 2 aliphatic rings. The summed E-state index contributed by atoms with van der Waals surface area (Å²) in [5.74, 6) is -0.387. The summed E-state index contributed by atoms with van der Waals surface area (Å²) in [6.07, 6.45) is 2.92. The van der Waals surface area contributed by atoms with Gasteiger partial charge in [0, 0.05) is 33.7 Å². The van der Waals surface area contributed by atoms with Crippen LogP contribution in [0, 0.1) is 13.0 Å². The van der Waals surface area contributed by atoms with E-state index < -0.39 is 11.6 Å². The second-order valence-electron chi connectivity index (χ2n) is 5.77. The molecule has 1 saturated carbocycles. The van der Waals surface area contributed by atoms with Crippen LogP contribution >= 0.6 is 0 Å². The number of rotatable bonds is 2. The maximum absolute atomic E-state index is 12.3. The fraction of sp³-hybridized carbons (Fsp3) is 0.471. The molecule has 3 rings (SSSR count). The van der Waals surface area contributed by atoms with Gasteiger partial charge in [0.1, 0.15) is 5.76 Å². The first kappa shape index (κ1) is 17.2. The molecule has 0 atom stereocenters. The molecule has 0 amide bonds. The minimum absolute atomic E-state index is 0. The van der Waals surface area contributed by atoms with Crippen LogP contribution in [0.4, 0.5) is 0 Å². The minimum atomic E-state index is -0.864. The van der Waals surface area contributed by atoms with Crippen LogP contribution in [0.25, 0.3) is 5.57 Å². The smallest absolute Gasteiger partial charge is 0.300 e. The van der Waals surface area contributed by atoms with Gasteiger partial charge in [-0.25, -0.2) is 0 Å². The number of ether oxygens (including phenoxy) is 2. The first-order valence-electron chi connectivity index (χ1n) is 7.25. The van der Waals surface area contributed by atoms with Gasteiger partial charge in [0.05, 0.1) is 6.10 Å². The molecule has 1 fully saturated rings. The molecule has 0 saturated heterocycles. The molecule has 0 unspecified atom stereocenters. The van der Waals surface area contributed by atoms with E-state index >= 15 is 0 Å². The molecule has 1 aliphatic carbocycles. The molecule has 22 heavy (non-hydrogen) atoms. The number of aliphatic hydroxyl groups excluding tert-OH is 1. The van der Waals surface area contributed by atoms with Gasteiger partial charge in [-0.15, -0.1) is 35.4 Å². The molecule has 0 bridgehead atoms. The molecular formula is C17H19O4W-. The summed E-state index contributed by atoms with van der Waals surface area (Å²) in [5.41, 5.74) is 0.936. The molecule has 1 heterocycles. The fourth-order valence-corrected chi connectivity index (χ4v) is 3.24. The Kier molecular flexibility index (Phi) is 5.13. The second kappa shape index (κ2) is 6.55. The molecule has 1 N–H and O–H groups in total. The van der Waals surface area contributed by atoms with E-state index in [0.29, 0.717) is 18.4 Å². The SMILES string of the molecule is COC1CCC2(CC1)OC(=O)C(c1[c-]cccc1C)=C2O.[W]. The zero-order valence-electron chi connectivity index (χ0n) is 12.7. The zero-order chi connectivity index (χ0) is 15.0. The Labute approximate surface area is 144 Å². The molecule has 1 aliphatic heterocycles. The van der Waals surface area contributed by atoms with E-state index in [9.17, 15) is 9.90 Å². The van der Waals surface area contributed by atoms with Crippen LogP contribution in [0.5, 0.6) is 0 Å². The summed E-state index contributed by atoms with van der Waals surface area (Å²) in [6.45, 7) is 1.90. The Bertz CT molecular complexity index is 600. The van der Waals surface area contributed by atoms with Gasteiger partial charge in [-0.05, 0) is 25.7 Å². The van der Waals surface area contributed by atoms with Gasteiger partial charge in [0.2, 0.25) is 0 Å². The molecule has 1 aromatic carbocycles. The maximum atomic E-state index is 12.3. The van der Waals surface area contributed by atoms with E-state index in [1.54, 1.807) is 13.2 Å². The van der Waals surface area contributed by atoms with Crippen LogP contribution in [0.15, 0.2) is 24.0 Å². The van der Waals surface area contributed by atoms with E-state index in [1.165, 1.54) is 0 Å². The van der Waals surface area contributed by atoms with Crippen LogP contribution in [0.3, 0.4) is 0 Å². The third-order valence-electron chi connectivity index (χ3n) is 4.55. The number of methoxy groups -OCH3 is 1. The molecule has 5 heteroatoms. The van der Waals surface area contributed by atoms with Crippen molar-refractivity contribution in [3.63, 3.8) is 0 Å². The number of carbonyl (C=O) groups is 1. The van der Waals surface area contributed by atoms with Crippen molar-refractivity contribution in [2.45, 2.75) is 44.3 Å². The summed E-state index contributed by atoms with van der Waals surface area (Å²) < 4.78 is 10.9. The molecule has 1 aromatic rings. The first-order chi connectivity index (χ1) is 10.1. The van der Waals surface area contributed by atoms with Gasteiger partial charge < -0.3 is 14.6 Å². The second-order valence-corrected chi connectivity index (χ2v) is 5.77. The Morgan fingerprint density at radius 3 is 2.68 bits per heavy atom. The zero-order valence-corrected chi connectivity index (χ0v) is 15.7. The van der Waals surface area contributed by atoms with Crippen LogP contribution in [0.2, 0.25) is 0 Å². The third-order valence-corrected chi connectivity index (χ3v) is 4.55. The van der Waals surface area contributed by atoms with Crippen molar-refractivity contribution in [1.82, 2.24) is 0 Å². The molecule has 118 valence electrons. The number of esters is 1. The number of aryl methyl sites for hydroxylation is 1. The van der Waals surface area contributed by atoms with Gasteiger partial charge in [0.15, 0.2) is 5.60 Å². The topological polar surface area (TPSA) is 55.8 Å². The van der Waals surface area contributed by atoms with Gasteiger partial charge in [-0.2, -0.15) is 0 Å². The average Bonchev–Trinajstić information content (AvgIpc) is 2.72. The Morgan fingerprint density at radius 2 is 2.09 bits per heavy atom. The summed E-state index contributed by atoms with van der Waals surface area (Å²) in [5, 5.41) is 10.6. The standard InChI is InChI=1S/C17H19O4.W/c1-11-5-3-4-6-13(11)14-15(18)17(21-16(14)19)9-7-12(20-2)8-10-17;/h3-5,12,18H,7-10H2,1-2H3;/q-1;. The number of benzene rings is 1. The Balaban J connectivity index is 0.00000176. The monoisotopic (exact) mass is 471 g/mol. The predicted octanol–water partition coefficient (Wildman–Crippen LogP) is 2.95. The summed E-state index contributed by atoms with van der Waals surface area (Å²) >= 11 is 0. The number of hydrogen-bond acceptors (Lipinski definition) is 4. The molecule has 0 aromatic heterocycles. The van der Waals surface area contributed by atoms with E-state index in [-0.39, 0.29) is 38.5 Å². The Hall–Kier alpha value is -1.12. The summed E-state index contributed by atoms with van der Waals surface area (Å²) in [7, 11) is 1.69. The number of aliphatic hydroxyl groups is 1. The largest absolute Gasteiger partial charge is 0.517 e. The number of carbonyl (C=O) groups excluding carboxylic acids is 1. The summed E-state index contributed by atoms with van der Waals surface area (Å²) in [6, 6.07) is 8.53. The summed E-state index contributed by atoms with van der Waals surface area (Å²) in [4.78, 5) is 12.3. The van der Waals surface area contributed by atoms with Gasteiger partial charge in [0.25, 0.3) is 5.97 Å². The van der Waals surface area contributed by atoms with Crippen molar-refractivity contribution < 1.29 is 40.4 Å². The quantitative estimate of drug-likeness (QED) is 0.533. The van der Waals surface area contributed by atoms with Gasteiger partial charge in [-0.1, -0.05) is 6.92 Å². The molecule has 0 radical (unpaired) electrons. The van der Waals surface area contributed by atoms with E-state index in [1.807, 2.05) is 19.1 Å². The van der Waals surface area contributed by atoms with Gasteiger partial charge in [-0.3, -0.25) is 4.79 Å². The van der Waals surface area contributed by atoms with E-state index in [0.717, 1.165) is 18.4 Å². The van der Waals surface area contributed by atoms with E-state index in [2.05, 4.69) is 6.07 Å². The van der Waals surface area contributed by atoms with Crippen LogP contribution < -0.4 is 0 Å². The maximum Gasteiger partial charge on any atom is 0.300 e. The van der Waals surface area contributed by atoms with Crippen LogP contribution in [-0.4, -0.2) is 29.9 Å². The average molecular weight is 471 g/mol. The van der Waals surface area contributed by atoms with Crippen molar-refractivity contribution in [1.29, 1.82) is 0 Å². The Morgan fingerprint density at radius 1 is 1.41 bits per heavy atom. The minimum Gasteiger partial charge on any atom is -0.517 e. The molecule has 4 nitrogen and oxygen atoms in total. The van der Waals surface area contributed by atoms with Crippen molar-refractivity contribution in [3.05, 3.63) is 41.2 Å². The normalized spacial score (nSPS) is 27.7. The van der Waals surface area contributed by atoms with Crippen molar-refractivity contribution in [2.75, 3.05) is 7.11 Å². The van der Waals surface area contributed by atoms with Gasteiger partial charge >= 0.3 is 0 Å². The third kappa shape index (κ3) is 2.75. The van der Waals surface area contributed by atoms with Crippen molar-refractivity contribution in [3.8, 4) is 0 Å². The van der Waals surface area contributed by atoms with Crippen LogP contribution in [-0.2, 0) is 35.3 Å². The fourth-order valence-electron chi connectivity index (χ4n) is 3.24. The van der Waals surface area contributed by atoms with Crippen molar-refractivity contribution in [2.24, 2.45) is 0 Å².